The van der Waals surface area contributed by atoms with Crippen molar-refractivity contribution in [2.75, 3.05) is 4.90 Å². The van der Waals surface area contributed by atoms with Crippen LogP contribution in [0.2, 0.25) is 0 Å². The number of para-hydroxylation sites is 4. The SMILES string of the molecule is c1ccc(N(c2ccccc2-c2ccc3c(c2)oc2ccccc23)c2cccc3oc4ccccc4c23)cc1. The molecule has 0 atom stereocenters. The topological polar surface area (TPSA) is 29.5 Å². The van der Waals surface area contributed by atoms with Gasteiger partial charge in [0.05, 0.1) is 16.8 Å². The Morgan fingerprint density at radius 3 is 1.90 bits per heavy atom. The van der Waals surface area contributed by atoms with Crippen molar-refractivity contribution in [1.82, 2.24) is 0 Å². The highest BCUT2D eigenvalue weighted by Gasteiger charge is 2.21. The summed E-state index contributed by atoms with van der Waals surface area (Å²) in [7, 11) is 0. The van der Waals surface area contributed by atoms with Crippen LogP contribution in [0, 0.1) is 0 Å². The fourth-order valence-corrected chi connectivity index (χ4v) is 5.73. The van der Waals surface area contributed by atoms with E-state index in [0.717, 1.165) is 72.1 Å². The molecule has 0 aliphatic heterocycles. The summed E-state index contributed by atoms with van der Waals surface area (Å²) >= 11 is 0. The Morgan fingerprint density at radius 1 is 0.410 bits per heavy atom. The van der Waals surface area contributed by atoms with Gasteiger partial charge in [-0.25, -0.2) is 0 Å². The lowest BCUT2D eigenvalue weighted by Crippen LogP contribution is -2.11. The van der Waals surface area contributed by atoms with E-state index in [-0.39, 0.29) is 0 Å². The van der Waals surface area contributed by atoms with E-state index >= 15 is 0 Å². The molecule has 0 aliphatic rings. The second-order valence-corrected chi connectivity index (χ2v) is 9.75. The largest absolute Gasteiger partial charge is 0.456 e. The predicted octanol–water partition coefficient (Wildman–Crippen LogP) is 10.6. The van der Waals surface area contributed by atoms with Gasteiger partial charge < -0.3 is 13.7 Å². The first-order valence-corrected chi connectivity index (χ1v) is 13.1. The molecule has 8 aromatic rings. The van der Waals surface area contributed by atoms with Gasteiger partial charge in [0.15, 0.2) is 0 Å². The molecule has 39 heavy (non-hydrogen) atoms. The highest BCUT2D eigenvalue weighted by molar-refractivity contribution is 6.14. The third kappa shape index (κ3) is 3.44. The van der Waals surface area contributed by atoms with E-state index in [4.69, 9.17) is 8.83 Å². The molecule has 2 heterocycles. The summed E-state index contributed by atoms with van der Waals surface area (Å²) in [6.07, 6.45) is 0. The number of hydrogen-bond acceptors (Lipinski definition) is 3. The minimum absolute atomic E-state index is 0.871. The van der Waals surface area contributed by atoms with E-state index in [1.54, 1.807) is 0 Å². The van der Waals surface area contributed by atoms with Gasteiger partial charge in [-0.15, -0.1) is 0 Å². The van der Waals surface area contributed by atoms with E-state index in [2.05, 4.69) is 114 Å². The molecular formula is C36H23NO2. The van der Waals surface area contributed by atoms with E-state index in [1.807, 2.05) is 30.3 Å². The molecule has 6 aromatic carbocycles. The maximum atomic E-state index is 6.27. The Labute approximate surface area is 225 Å². The van der Waals surface area contributed by atoms with Crippen LogP contribution in [-0.2, 0) is 0 Å². The van der Waals surface area contributed by atoms with Crippen LogP contribution in [0.5, 0.6) is 0 Å². The van der Waals surface area contributed by atoms with Crippen LogP contribution in [0.25, 0.3) is 55.0 Å². The first-order valence-electron chi connectivity index (χ1n) is 13.1. The molecule has 8 rings (SSSR count). The maximum Gasteiger partial charge on any atom is 0.137 e. The number of benzene rings is 6. The van der Waals surface area contributed by atoms with Gasteiger partial charge in [0.1, 0.15) is 22.3 Å². The summed E-state index contributed by atoms with van der Waals surface area (Å²) in [6.45, 7) is 0. The molecule has 2 aromatic heterocycles. The third-order valence-corrected chi connectivity index (χ3v) is 7.47. The Balaban J connectivity index is 1.39. The Morgan fingerprint density at radius 2 is 1.03 bits per heavy atom. The first kappa shape index (κ1) is 21.8. The van der Waals surface area contributed by atoms with Crippen molar-refractivity contribution < 1.29 is 8.83 Å². The van der Waals surface area contributed by atoms with Crippen LogP contribution in [0.15, 0.2) is 148 Å². The molecule has 0 fully saturated rings. The van der Waals surface area contributed by atoms with E-state index in [9.17, 15) is 0 Å². The van der Waals surface area contributed by atoms with Crippen molar-refractivity contribution in [3.63, 3.8) is 0 Å². The Bertz CT molecular complexity index is 2140. The van der Waals surface area contributed by atoms with Crippen LogP contribution in [-0.4, -0.2) is 0 Å². The number of fused-ring (bicyclic) bond motifs is 6. The monoisotopic (exact) mass is 501 g/mol. The molecule has 0 radical (unpaired) electrons. The summed E-state index contributed by atoms with van der Waals surface area (Å²) < 4.78 is 12.5. The number of nitrogens with zero attached hydrogens (tertiary/aromatic N) is 1. The lowest BCUT2D eigenvalue weighted by atomic mass is 9.99. The summed E-state index contributed by atoms with van der Waals surface area (Å²) in [4.78, 5) is 2.34. The average molecular weight is 502 g/mol. The number of anilines is 3. The van der Waals surface area contributed by atoms with Crippen molar-refractivity contribution in [1.29, 1.82) is 0 Å². The highest BCUT2D eigenvalue weighted by Crippen LogP contribution is 2.46. The fraction of sp³-hybridized carbons (Fsp3) is 0. The molecular weight excluding hydrogens is 478 g/mol. The zero-order valence-corrected chi connectivity index (χ0v) is 21.0. The van der Waals surface area contributed by atoms with Crippen LogP contribution < -0.4 is 4.90 Å². The van der Waals surface area contributed by atoms with Crippen molar-refractivity contribution in [2.24, 2.45) is 0 Å². The second-order valence-electron chi connectivity index (χ2n) is 9.75. The van der Waals surface area contributed by atoms with Gasteiger partial charge >= 0.3 is 0 Å². The molecule has 0 spiro atoms. The fourth-order valence-electron chi connectivity index (χ4n) is 5.73. The average Bonchev–Trinajstić information content (AvgIpc) is 3.56. The Kier molecular flexibility index (Phi) is 4.82. The molecule has 0 unspecified atom stereocenters. The minimum Gasteiger partial charge on any atom is -0.456 e. The summed E-state index contributed by atoms with van der Waals surface area (Å²) in [5.74, 6) is 0. The Hall–Kier alpha value is -5.28. The summed E-state index contributed by atoms with van der Waals surface area (Å²) in [5.41, 5.74) is 8.99. The van der Waals surface area contributed by atoms with Gasteiger partial charge in [0, 0.05) is 27.4 Å². The zero-order valence-electron chi connectivity index (χ0n) is 21.0. The minimum atomic E-state index is 0.871. The standard InChI is InChI=1S/C36H23NO2/c1-2-11-25(12-3-1)37(31-17-10-20-34-36(31)29-15-6-9-19-33(29)38-34)30-16-7-4-13-26(30)24-21-22-28-27-14-5-8-18-32(27)39-35(28)23-24/h1-23H. The molecule has 3 heteroatoms. The molecule has 0 N–H and O–H groups in total. The van der Waals surface area contributed by atoms with Crippen molar-refractivity contribution in [3.05, 3.63) is 140 Å². The van der Waals surface area contributed by atoms with Crippen molar-refractivity contribution in [2.45, 2.75) is 0 Å². The van der Waals surface area contributed by atoms with Gasteiger partial charge in [-0.3, -0.25) is 0 Å². The normalized spacial score (nSPS) is 11.6. The molecule has 0 amide bonds. The number of furan rings is 2. The van der Waals surface area contributed by atoms with E-state index < -0.39 is 0 Å². The molecule has 0 saturated heterocycles. The van der Waals surface area contributed by atoms with Gasteiger partial charge in [-0.1, -0.05) is 84.9 Å². The van der Waals surface area contributed by atoms with Gasteiger partial charge in [0.2, 0.25) is 0 Å². The summed E-state index contributed by atoms with van der Waals surface area (Å²) in [6, 6.07) is 48.4. The zero-order chi connectivity index (χ0) is 25.8. The van der Waals surface area contributed by atoms with Crippen molar-refractivity contribution >= 4 is 60.9 Å². The smallest absolute Gasteiger partial charge is 0.137 e. The highest BCUT2D eigenvalue weighted by atomic mass is 16.3. The molecule has 0 saturated carbocycles. The lowest BCUT2D eigenvalue weighted by Gasteiger charge is -2.28. The molecule has 0 aliphatic carbocycles. The van der Waals surface area contributed by atoms with Gasteiger partial charge in [-0.05, 0) is 60.2 Å². The second kappa shape index (κ2) is 8.64. The predicted molar refractivity (Wildman–Crippen MR) is 161 cm³/mol. The van der Waals surface area contributed by atoms with E-state index in [1.165, 1.54) is 0 Å². The van der Waals surface area contributed by atoms with Gasteiger partial charge in [-0.2, -0.15) is 0 Å². The molecule has 0 bridgehead atoms. The first-order chi connectivity index (χ1) is 19.3. The third-order valence-electron chi connectivity index (χ3n) is 7.47. The van der Waals surface area contributed by atoms with E-state index in [0.29, 0.717) is 0 Å². The van der Waals surface area contributed by atoms with Crippen LogP contribution in [0.4, 0.5) is 17.1 Å². The van der Waals surface area contributed by atoms with Crippen LogP contribution in [0.1, 0.15) is 0 Å². The van der Waals surface area contributed by atoms with Crippen molar-refractivity contribution in [3.8, 4) is 11.1 Å². The van der Waals surface area contributed by atoms with Crippen LogP contribution in [0.3, 0.4) is 0 Å². The number of rotatable bonds is 4. The summed E-state index contributed by atoms with van der Waals surface area (Å²) in [5, 5.41) is 4.46. The lowest BCUT2D eigenvalue weighted by molar-refractivity contribution is 0.668. The molecule has 3 nitrogen and oxygen atoms in total. The van der Waals surface area contributed by atoms with Crippen LogP contribution >= 0.6 is 0 Å². The quantitative estimate of drug-likeness (QED) is 0.240. The number of hydrogen-bond donors (Lipinski definition) is 0. The molecule has 184 valence electrons. The van der Waals surface area contributed by atoms with Gasteiger partial charge in [0.25, 0.3) is 0 Å². The maximum absolute atomic E-state index is 6.27.